The molecule has 1 atom stereocenters. The second kappa shape index (κ2) is 9.49. The molecular weight excluding hydrogens is 442 g/mol. The van der Waals surface area contributed by atoms with Gasteiger partial charge in [0.25, 0.3) is 0 Å². The standard InChI is InChI=1S/C23H23F4N3OS/c1-23(2,3)14-4-5-17-12(9-14)8-13(11-28)22(29-17)32-7-6-18(31)30-21-19(26)15(24)10-16(25)20(21)27/h8,10,14H,4-7,9H2,1-3H3,(H,30,31). The molecule has 3 rings (SSSR count). The number of carbonyl (C=O) groups is 1. The number of anilines is 1. The van der Waals surface area contributed by atoms with Crippen LogP contribution in [0, 0.1) is 45.9 Å². The van der Waals surface area contributed by atoms with Gasteiger partial charge in [0.05, 0.1) is 5.56 Å². The minimum absolute atomic E-state index is 0.0745. The van der Waals surface area contributed by atoms with Crippen molar-refractivity contribution in [1.29, 1.82) is 5.26 Å². The predicted octanol–water partition coefficient (Wildman–Crippen LogP) is 5.78. The second-order valence-corrected chi connectivity index (χ2v) is 9.94. The molecule has 4 nitrogen and oxygen atoms in total. The first-order chi connectivity index (χ1) is 15.0. The largest absolute Gasteiger partial charge is 0.321 e. The SMILES string of the molecule is CC(C)(C)C1CCc2nc(SCCC(=O)Nc3c(F)c(F)cc(F)c3F)c(C#N)cc2C1. The Hall–Kier alpha value is -2.60. The minimum atomic E-state index is -1.67. The number of amides is 1. The van der Waals surface area contributed by atoms with Crippen LogP contribution in [0.25, 0.3) is 0 Å². The molecule has 0 radical (unpaired) electrons. The lowest BCUT2D eigenvalue weighted by Crippen LogP contribution is -2.27. The fourth-order valence-electron chi connectivity index (χ4n) is 3.70. The second-order valence-electron chi connectivity index (χ2n) is 8.85. The van der Waals surface area contributed by atoms with Gasteiger partial charge in [-0.25, -0.2) is 22.5 Å². The van der Waals surface area contributed by atoms with Crippen molar-refractivity contribution in [2.75, 3.05) is 11.1 Å². The fourth-order valence-corrected chi connectivity index (χ4v) is 4.62. The topological polar surface area (TPSA) is 65.8 Å². The van der Waals surface area contributed by atoms with Gasteiger partial charge in [0.2, 0.25) is 5.91 Å². The Kier molecular flexibility index (Phi) is 7.13. The Balaban J connectivity index is 1.66. The highest BCUT2D eigenvalue weighted by Crippen LogP contribution is 2.38. The van der Waals surface area contributed by atoms with Gasteiger partial charge >= 0.3 is 0 Å². The molecule has 1 heterocycles. The van der Waals surface area contributed by atoms with Gasteiger partial charge in [0.1, 0.15) is 16.8 Å². The van der Waals surface area contributed by atoms with E-state index >= 15 is 0 Å². The van der Waals surface area contributed by atoms with Crippen molar-refractivity contribution in [2.45, 2.75) is 51.5 Å². The zero-order valence-corrected chi connectivity index (χ0v) is 18.8. The lowest BCUT2D eigenvalue weighted by atomic mass is 9.71. The van der Waals surface area contributed by atoms with Crippen LogP contribution in [0.2, 0.25) is 0 Å². The average Bonchev–Trinajstić information content (AvgIpc) is 2.73. The minimum Gasteiger partial charge on any atom is -0.321 e. The highest BCUT2D eigenvalue weighted by atomic mass is 32.2. The van der Waals surface area contributed by atoms with E-state index in [1.54, 1.807) is 0 Å². The molecule has 1 aromatic heterocycles. The van der Waals surface area contributed by atoms with Gasteiger partial charge in [0, 0.05) is 23.9 Å². The summed E-state index contributed by atoms with van der Waals surface area (Å²) in [5.74, 6) is -6.68. The smallest absolute Gasteiger partial charge is 0.225 e. The van der Waals surface area contributed by atoms with Gasteiger partial charge in [-0.15, -0.1) is 11.8 Å². The average molecular weight is 466 g/mol. The molecule has 32 heavy (non-hydrogen) atoms. The number of benzene rings is 1. The molecule has 1 N–H and O–H groups in total. The number of nitrogens with zero attached hydrogens (tertiary/aromatic N) is 2. The third-order valence-electron chi connectivity index (χ3n) is 5.64. The number of nitrogens with one attached hydrogen (secondary N) is 1. The summed E-state index contributed by atoms with van der Waals surface area (Å²) in [5.41, 5.74) is 1.42. The number of hydrogen-bond donors (Lipinski definition) is 1. The Morgan fingerprint density at radius 3 is 2.47 bits per heavy atom. The van der Waals surface area contributed by atoms with E-state index in [1.165, 1.54) is 11.8 Å². The van der Waals surface area contributed by atoms with Gasteiger partial charge in [-0.05, 0) is 42.2 Å². The first-order valence-electron chi connectivity index (χ1n) is 10.2. The Bertz CT molecular complexity index is 1070. The van der Waals surface area contributed by atoms with Crippen molar-refractivity contribution in [3.8, 4) is 6.07 Å². The normalized spacial score (nSPS) is 15.8. The Morgan fingerprint density at radius 1 is 1.22 bits per heavy atom. The summed E-state index contributed by atoms with van der Waals surface area (Å²) in [4.78, 5) is 16.7. The number of hydrogen-bond acceptors (Lipinski definition) is 4. The number of fused-ring (bicyclic) bond motifs is 1. The van der Waals surface area contributed by atoms with E-state index in [0.29, 0.717) is 16.5 Å². The van der Waals surface area contributed by atoms with Crippen LogP contribution in [-0.4, -0.2) is 16.6 Å². The van der Waals surface area contributed by atoms with Gasteiger partial charge in [0.15, 0.2) is 23.3 Å². The summed E-state index contributed by atoms with van der Waals surface area (Å²) in [5, 5.41) is 11.9. The molecule has 1 amide bonds. The number of aryl methyl sites for hydroxylation is 1. The first kappa shape index (κ1) is 24.1. The van der Waals surface area contributed by atoms with Crippen LogP contribution in [-0.2, 0) is 17.6 Å². The molecule has 9 heteroatoms. The van der Waals surface area contributed by atoms with Crippen molar-refractivity contribution >= 4 is 23.4 Å². The molecule has 1 aliphatic carbocycles. The third-order valence-corrected chi connectivity index (χ3v) is 6.63. The van der Waals surface area contributed by atoms with E-state index in [9.17, 15) is 27.6 Å². The molecule has 0 spiro atoms. The maximum atomic E-state index is 13.7. The monoisotopic (exact) mass is 465 g/mol. The van der Waals surface area contributed by atoms with E-state index in [4.69, 9.17) is 0 Å². The molecule has 1 unspecified atom stereocenters. The summed E-state index contributed by atoms with van der Waals surface area (Å²) in [6, 6.07) is 4.06. The zero-order valence-electron chi connectivity index (χ0n) is 18.0. The molecule has 0 saturated heterocycles. The van der Waals surface area contributed by atoms with Crippen LogP contribution >= 0.6 is 11.8 Å². The highest BCUT2D eigenvalue weighted by Gasteiger charge is 2.30. The van der Waals surface area contributed by atoms with Gasteiger partial charge < -0.3 is 5.32 Å². The fraction of sp³-hybridized carbons (Fsp3) is 0.435. The Morgan fingerprint density at radius 2 is 1.88 bits per heavy atom. The number of nitriles is 1. The molecule has 2 aromatic rings. The molecule has 0 saturated carbocycles. The van der Waals surface area contributed by atoms with E-state index < -0.39 is 34.9 Å². The van der Waals surface area contributed by atoms with E-state index in [1.807, 2.05) is 11.4 Å². The van der Waals surface area contributed by atoms with Gasteiger partial charge in [-0.3, -0.25) is 4.79 Å². The molecule has 0 aliphatic heterocycles. The van der Waals surface area contributed by atoms with Crippen LogP contribution < -0.4 is 5.32 Å². The van der Waals surface area contributed by atoms with Gasteiger partial charge in [-0.1, -0.05) is 20.8 Å². The van der Waals surface area contributed by atoms with Crippen LogP contribution in [0.1, 0.15) is 50.4 Å². The third kappa shape index (κ3) is 5.23. The summed E-state index contributed by atoms with van der Waals surface area (Å²) in [7, 11) is 0. The quantitative estimate of drug-likeness (QED) is 0.345. The molecule has 170 valence electrons. The number of rotatable bonds is 5. The van der Waals surface area contributed by atoms with Crippen LogP contribution in [0.15, 0.2) is 17.2 Å². The predicted molar refractivity (Wildman–Crippen MR) is 114 cm³/mol. The van der Waals surface area contributed by atoms with Crippen LogP contribution in [0.4, 0.5) is 23.2 Å². The maximum Gasteiger partial charge on any atom is 0.225 e. The molecular formula is C23H23F4N3OS. The number of aromatic nitrogens is 1. The van der Waals surface area contributed by atoms with Gasteiger partial charge in [-0.2, -0.15) is 5.26 Å². The summed E-state index contributed by atoms with van der Waals surface area (Å²) in [6.45, 7) is 6.60. The van der Waals surface area contributed by atoms with Crippen molar-refractivity contribution in [3.05, 3.63) is 52.2 Å². The van der Waals surface area contributed by atoms with E-state index in [2.05, 4.69) is 31.8 Å². The van der Waals surface area contributed by atoms with E-state index in [-0.39, 0.29) is 23.7 Å². The van der Waals surface area contributed by atoms with Crippen molar-refractivity contribution < 1.29 is 22.4 Å². The van der Waals surface area contributed by atoms with Crippen molar-refractivity contribution in [3.63, 3.8) is 0 Å². The summed E-state index contributed by atoms with van der Waals surface area (Å²) in [6.07, 6.45) is 2.47. The zero-order chi connectivity index (χ0) is 23.6. The molecule has 1 aliphatic rings. The van der Waals surface area contributed by atoms with Crippen molar-refractivity contribution in [2.24, 2.45) is 11.3 Å². The lowest BCUT2D eigenvalue weighted by Gasteiger charge is -2.34. The number of thioether (sulfide) groups is 1. The molecule has 1 aromatic carbocycles. The lowest BCUT2D eigenvalue weighted by molar-refractivity contribution is -0.115. The highest BCUT2D eigenvalue weighted by molar-refractivity contribution is 7.99. The molecule has 0 bridgehead atoms. The van der Waals surface area contributed by atoms with E-state index in [0.717, 1.165) is 30.5 Å². The molecule has 0 fully saturated rings. The van der Waals surface area contributed by atoms with Crippen LogP contribution in [0.3, 0.4) is 0 Å². The first-order valence-corrected chi connectivity index (χ1v) is 11.2. The number of pyridine rings is 1. The summed E-state index contributed by atoms with van der Waals surface area (Å²) < 4.78 is 54.0. The summed E-state index contributed by atoms with van der Waals surface area (Å²) >= 11 is 1.17. The number of carbonyl (C=O) groups excluding carboxylic acids is 1. The Labute approximate surface area is 188 Å². The van der Waals surface area contributed by atoms with Crippen LogP contribution in [0.5, 0.6) is 0 Å². The van der Waals surface area contributed by atoms with Crippen molar-refractivity contribution in [1.82, 2.24) is 4.98 Å². The maximum absolute atomic E-state index is 13.7. The number of halogens is 4.